The summed E-state index contributed by atoms with van der Waals surface area (Å²) in [4.78, 5) is 11.4. The molecule has 2 heterocycles. The molecule has 76 valence electrons. The molecule has 0 radical (unpaired) electrons. The van der Waals surface area contributed by atoms with Crippen LogP contribution >= 0.6 is 11.3 Å². The van der Waals surface area contributed by atoms with Crippen LogP contribution in [0.1, 0.15) is 9.67 Å². The molecule has 0 bridgehead atoms. The lowest BCUT2D eigenvalue weighted by Crippen LogP contribution is -2.53. The van der Waals surface area contributed by atoms with Crippen molar-refractivity contribution < 1.29 is 18.0 Å². The van der Waals surface area contributed by atoms with Crippen molar-refractivity contribution in [2.45, 2.75) is 12.3 Å². The molecular formula is C7H5F3N2OS. The molecule has 1 amide bonds. The SMILES string of the molecule is O=C1NC(C(F)(F)F)Nc2ccsc21. The van der Waals surface area contributed by atoms with Gasteiger partial charge in [0.25, 0.3) is 5.91 Å². The van der Waals surface area contributed by atoms with E-state index < -0.39 is 18.2 Å². The fourth-order valence-corrected chi connectivity index (χ4v) is 1.91. The minimum Gasteiger partial charge on any atom is -0.357 e. The van der Waals surface area contributed by atoms with Gasteiger partial charge in [-0.1, -0.05) is 0 Å². The molecule has 0 spiro atoms. The average Bonchev–Trinajstić information content (AvgIpc) is 2.50. The highest BCUT2D eigenvalue weighted by atomic mass is 32.1. The first-order valence-corrected chi connectivity index (χ1v) is 4.58. The monoisotopic (exact) mass is 222 g/mol. The van der Waals surface area contributed by atoms with Crippen LogP contribution in [0.25, 0.3) is 0 Å². The number of carbonyl (C=O) groups excluding carboxylic acids is 1. The zero-order valence-corrected chi connectivity index (χ0v) is 7.50. The van der Waals surface area contributed by atoms with Crippen LogP contribution in [0.15, 0.2) is 11.4 Å². The molecule has 1 aliphatic rings. The maximum Gasteiger partial charge on any atom is 0.427 e. The van der Waals surface area contributed by atoms with E-state index >= 15 is 0 Å². The minimum atomic E-state index is -4.48. The summed E-state index contributed by atoms with van der Waals surface area (Å²) in [5.41, 5.74) is 0.237. The normalized spacial score (nSPS) is 21.1. The van der Waals surface area contributed by atoms with Crippen molar-refractivity contribution in [2.24, 2.45) is 0 Å². The van der Waals surface area contributed by atoms with E-state index in [4.69, 9.17) is 0 Å². The van der Waals surface area contributed by atoms with E-state index in [0.29, 0.717) is 0 Å². The Kier molecular flexibility index (Phi) is 1.91. The standard InChI is InChI=1S/C7H5F3N2OS/c8-7(9,10)6-11-3-1-2-14-4(3)5(13)12-6/h1-2,6,11H,(H,12,13). The van der Waals surface area contributed by atoms with Crippen molar-refractivity contribution in [3.05, 3.63) is 16.3 Å². The summed E-state index contributed by atoms with van der Waals surface area (Å²) in [6.07, 6.45) is -6.47. The summed E-state index contributed by atoms with van der Waals surface area (Å²) in [6.45, 7) is 0. The van der Waals surface area contributed by atoms with Crippen LogP contribution in [0.4, 0.5) is 18.9 Å². The van der Waals surface area contributed by atoms with Crippen molar-refractivity contribution in [3.63, 3.8) is 0 Å². The van der Waals surface area contributed by atoms with Gasteiger partial charge in [-0.3, -0.25) is 4.79 Å². The highest BCUT2D eigenvalue weighted by molar-refractivity contribution is 7.12. The second-order valence-electron chi connectivity index (χ2n) is 2.76. The number of thiophene rings is 1. The number of carbonyl (C=O) groups is 1. The molecule has 2 N–H and O–H groups in total. The van der Waals surface area contributed by atoms with E-state index in [2.05, 4.69) is 5.32 Å². The molecule has 3 nitrogen and oxygen atoms in total. The number of hydrogen-bond donors (Lipinski definition) is 2. The minimum absolute atomic E-state index is 0.237. The molecule has 7 heteroatoms. The third kappa shape index (κ3) is 1.43. The van der Waals surface area contributed by atoms with Crippen molar-refractivity contribution in [2.75, 3.05) is 5.32 Å². The van der Waals surface area contributed by atoms with Crippen molar-refractivity contribution in [3.8, 4) is 0 Å². The first-order valence-electron chi connectivity index (χ1n) is 3.70. The van der Waals surface area contributed by atoms with E-state index in [1.54, 1.807) is 5.38 Å². The number of rotatable bonds is 0. The van der Waals surface area contributed by atoms with Gasteiger partial charge in [-0.05, 0) is 11.4 Å². The van der Waals surface area contributed by atoms with Gasteiger partial charge in [-0.25, -0.2) is 0 Å². The molecular weight excluding hydrogens is 217 g/mol. The predicted octanol–water partition coefficient (Wildman–Crippen LogP) is 1.79. The largest absolute Gasteiger partial charge is 0.427 e. The summed E-state index contributed by atoms with van der Waals surface area (Å²) in [5.74, 6) is -0.684. The van der Waals surface area contributed by atoms with Gasteiger partial charge >= 0.3 is 6.18 Å². The van der Waals surface area contributed by atoms with E-state index in [1.807, 2.05) is 5.32 Å². The first kappa shape index (κ1) is 9.32. The van der Waals surface area contributed by atoms with Gasteiger partial charge in [0.05, 0.1) is 5.69 Å². The second-order valence-corrected chi connectivity index (χ2v) is 3.67. The van der Waals surface area contributed by atoms with Gasteiger partial charge in [0.1, 0.15) is 4.88 Å². The Bertz CT molecular complexity index is 373. The number of anilines is 1. The Hall–Kier alpha value is -1.24. The Morgan fingerprint density at radius 2 is 2.07 bits per heavy atom. The second kappa shape index (κ2) is 2.88. The van der Waals surface area contributed by atoms with E-state index in [0.717, 1.165) is 11.3 Å². The zero-order valence-electron chi connectivity index (χ0n) is 6.68. The topological polar surface area (TPSA) is 41.1 Å². The molecule has 1 aliphatic heterocycles. The van der Waals surface area contributed by atoms with Crippen LogP contribution < -0.4 is 10.6 Å². The van der Waals surface area contributed by atoms with Crippen LogP contribution in [-0.2, 0) is 0 Å². The van der Waals surface area contributed by atoms with Crippen LogP contribution in [0.2, 0.25) is 0 Å². The fraction of sp³-hybridized carbons (Fsp3) is 0.286. The summed E-state index contributed by atoms with van der Waals surface area (Å²) in [5, 5.41) is 5.60. The van der Waals surface area contributed by atoms with Gasteiger partial charge in [-0.2, -0.15) is 13.2 Å². The maximum atomic E-state index is 12.2. The molecule has 0 fully saturated rings. The first-order chi connectivity index (χ1) is 6.48. The van der Waals surface area contributed by atoms with Crippen LogP contribution in [0.3, 0.4) is 0 Å². The Morgan fingerprint density at radius 1 is 1.36 bits per heavy atom. The number of alkyl halides is 3. The molecule has 2 rings (SSSR count). The summed E-state index contributed by atoms with van der Waals surface area (Å²) >= 11 is 1.10. The third-order valence-corrected chi connectivity index (χ3v) is 2.69. The number of hydrogen-bond acceptors (Lipinski definition) is 3. The molecule has 0 saturated carbocycles. The molecule has 1 unspecified atom stereocenters. The third-order valence-electron chi connectivity index (χ3n) is 1.77. The smallest absolute Gasteiger partial charge is 0.357 e. The van der Waals surface area contributed by atoms with Crippen LogP contribution in [0, 0.1) is 0 Å². The number of nitrogens with one attached hydrogen (secondary N) is 2. The van der Waals surface area contributed by atoms with Crippen LogP contribution in [0.5, 0.6) is 0 Å². The van der Waals surface area contributed by atoms with Gasteiger partial charge in [0, 0.05) is 0 Å². The molecule has 1 aromatic heterocycles. The van der Waals surface area contributed by atoms with Crippen molar-refractivity contribution in [1.82, 2.24) is 5.32 Å². The Labute approximate surface area is 80.9 Å². The van der Waals surface area contributed by atoms with E-state index in [-0.39, 0.29) is 10.6 Å². The Balaban J connectivity index is 2.30. The van der Waals surface area contributed by atoms with Gasteiger partial charge < -0.3 is 10.6 Å². The molecule has 1 aromatic rings. The van der Waals surface area contributed by atoms with Crippen molar-refractivity contribution >= 4 is 22.9 Å². The number of amides is 1. The molecule has 0 saturated heterocycles. The highest BCUT2D eigenvalue weighted by Crippen LogP contribution is 2.30. The molecule has 1 atom stereocenters. The van der Waals surface area contributed by atoms with Gasteiger partial charge in [0.15, 0.2) is 6.17 Å². The Morgan fingerprint density at radius 3 is 2.71 bits per heavy atom. The lowest BCUT2D eigenvalue weighted by atomic mass is 10.2. The lowest BCUT2D eigenvalue weighted by Gasteiger charge is -2.27. The van der Waals surface area contributed by atoms with E-state index in [1.165, 1.54) is 6.07 Å². The average molecular weight is 222 g/mol. The summed E-state index contributed by atoms with van der Waals surface area (Å²) in [7, 11) is 0. The van der Waals surface area contributed by atoms with E-state index in [9.17, 15) is 18.0 Å². The van der Waals surface area contributed by atoms with Crippen LogP contribution in [-0.4, -0.2) is 18.2 Å². The number of fused-ring (bicyclic) bond motifs is 1. The summed E-state index contributed by atoms with van der Waals surface area (Å²) in [6, 6.07) is 1.46. The highest BCUT2D eigenvalue weighted by Gasteiger charge is 2.44. The van der Waals surface area contributed by atoms with Gasteiger partial charge in [-0.15, -0.1) is 11.3 Å². The fourth-order valence-electron chi connectivity index (χ4n) is 1.15. The van der Waals surface area contributed by atoms with Crippen molar-refractivity contribution in [1.29, 1.82) is 0 Å². The zero-order chi connectivity index (χ0) is 10.3. The number of halogens is 3. The predicted molar refractivity (Wildman–Crippen MR) is 45.3 cm³/mol. The lowest BCUT2D eigenvalue weighted by molar-refractivity contribution is -0.147. The maximum absolute atomic E-state index is 12.2. The van der Waals surface area contributed by atoms with Gasteiger partial charge in [0.2, 0.25) is 0 Å². The molecule has 14 heavy (non-hydrogen) atoms. The molecule has 0 aliphatic carbocycles. The molecule has 0 aromatic carbocycles. The quantitative estimate of drug-likeness (QED) is 0.702. The summed E-state index contributed by atoms with van der Waals surface area (Å²) < 4.78 is 36.7.